The third kappa shape index (κ3) is 3.21. The highest BCUT2D eigenvalue weighted by Gasteiger charge is 2.24. The number of fused-ring (bicyclic) bond motifs is 1. The Hall–Kier alpha value is -3.66. The fourth-order valence-corrected chi connectivity index (χ4v) is 3.10. The van der Waals surface area contributed by atoms with E-state index in [1.165, 1.54) is 18.4 Å². The molecule has 0 atom stereocenters. The number of aromatic nitrogens is 2. The minimum absolute atomic E-state index is 0.0298. The Morgan fingerprint density at radius 3 is 2.86 bits per heavy atom. The van der Waals surface area contributed by atoms with E-state index in [1.807, 2.05) is 13.0 Å². The molecule has 2 aromatic carbocycles. The van der Waals surface area contributed by atoms with E-state index in [4.69, 9.17) is 10.5 Å². The first-order valence-electron chi connectivity index (χ1n) is 8.67. The van der Waals surface area contributed by atoms with Crippen molar-refractivity contribution in [1.82, 2.24) is 9.78 Å². The number of anilines is 1. The van der Waals surface area contributed by atoms with Crippen LogP contribution in [0, 0.1) is 24.1 Å². The minimum Gasteiger partial charge on any atom is -0.501 e. The van der Waals surface area contributed by atoms with Crippen LogP contribution in [-0.2, 0) is 11.8 Å². The Balaban J connectivity index is 2.25. The standard InChI is InChI=1S/C21H19FN4O2/c1-4-28-8-7-18-15-10-17(24)19(16(11-23)20(15)25-26(18)3)21(27)14-9-13(22)6-5-12(14)2/h5-10H,4,24H2,1-3H3/b8-7+. The number of ketones is 1. The zero-order valence-corrected chi connectivity index (χ0v) is 15.8. The van der Waals surface area contributed by atoms with E-state index < -0.39 is 11.6 Å². The lowest BCUT2D eigenvalue weighted by Crippen LogP contribution is -2.10. The number of nitrogens with two attached hydrogens (primary N) is 1. The van der Waals surface area contributed by atoms with Gasteiger partial charge in [0, 0.05) is 23.7 Å². The number of nitriles is 1. The number of nitrogens with zero attached hydrogens (tertiary/aromatic N) is 3. The molecular formula is C21H19FN4O2. The average Bonchev–Trinajstić information content (AvgIpc) is 2.97. The molecule has 1 heterocycles. The Bertz CT molecular complexity index is 1160. The maximum Gasteiger partial charge on any atom is 0.196 e. The molecule has 6 nitrogen and oxygen atoms in total. The first-order valence-corrected chi connectivity index (χ1v) is 8.67. The van der Waals surface area contributed by atoms with E-state index in [0.717, 1.165) is 6.07 Å². The van der Waals surface area contributed by atoms with Crippen LogP contribution in [0.5, 0.6) is 0 Å². The van der Waals surface area contributed by atoms with Crippen LogP contribution in [0.15, 0.2) is 30.5 Å². The van der Waals surface area contributed by atoms with E-state index in [9.17, 15) is 14.4 Å². The number of hydrogen-bond donors (Lipinski definition) is 1. The van der Waals surface area contributed by atoms with Crippen LogP contribution in [0.1, 0.15) is 39.7 Å². The van der Waals surface area contributed by atoms with Crippen LogP contribution in [0.2, 0.25) is 0 Å². The monoisotopic (exact) mass is 378 g/mol. The molecule has 0 spiro atoms. The summed E-state index contributed by atoms with van der Waals surface area (Å²) in [6.45, 7) is 4.08. The summed E-state index contributed by atoms with van der Waals surface area (Å²) in [5.41, 5.74) is 8.19. The summed E-state index contributed by atoms with van der Waals surface area (Å²) >= 11 is 0. The second kappa shape index (κ2) is 7.53. The third-order valence-corrected chi connectivity index (χ3v) is 4.48. The molecule has 0 aliphatic rings. The lowest BCUT2D eigenvalue weighted by atomic mass is 9.92. The van der Waals surface area contributed by atoms with Crippen molar-refractivity contribution in [3.63, 3.8) is 0 Å². The molecule has 0 aliphatic heterocycles. The van der Waals surface area contributed by atoms with Crippen molar-refractivity contribution in [3.8, 4) is 6.07 Å². The molecule has 0 amide bonds. The summed E-state index contributed by atoms with van der Waals surface area (Å²) < 4.78 is 20.5. The predicted molar refractivity (Wildman–Crippen MR) is 105 cm³/mol. The Morgan fingerprint density at radius 1 is 1.43 bits per heavy atom. The van der Waals surface area contributed by atoms with E-state index >= 15 is 0 Å². The number of hydrogen-bond acceptors (Lipinski definition) is 5. The van der Waals surface area contributed by atoms with Crippen LogP contribution in [0.3, 0.4) is 0 Å². The Kier molecular flexibility index (Phi) is 5.14. The van der Waals surface area contributed by atoms with Crippen molar-refractivity contribution >= 4 is 28.4 Å². The van der Waals surface area contributed by atoms with Gasteiger partial charge in [-0.2, -0.15) is 10.4 Å². The number of rotatable bonds is 5. The summed E-state index contributed by atoms with van der Waals surface area (Å²) in [5.74, 6) is -1.04. The Labute approximate surface area is 161 Å². The molecule has 0 radical (unpaired) electrons. The molecule has 0 unspecified atom stereocenters. The maximum atomic E-state index is 13.7. The topological polar surface area (TPSA) is 93.9 Å². The number of ether oxygens (including phenoxy) is 1. The molecule has 3 rings (SSSR count). The maximum absolute atomic E-state index is 13.7. The quantitative estimate of drug-likeness (QED) is 0.415. The summed E-state index contributed by atoms with van der Waals surface area (Å²) in [4.78, 5) is 13.1. The van der Waals surface area contributed by atoms with Gasteiger partial charge in [0.2, 0.25) is 0 Å². The molecule has 0 saturated carbocycles. The van der Waals surface area contributed by atoms with Crippen molar-refractivity contribution in [1.29, 1.82) is 5.26 Å². The largest absolute Gasteiger partial charge is 0.501 e. The predicted octanol–water partition coefficient (Wildman–Crippen LogP) is 3.71. The molecular weight excluding hydrogens is 359 g/mol. The Morgan fingerprint density at radius 2 is 2.18 bits per heavy atom. The van der Waals surface area contributed by atoms with Gasteiger partial charge in [0.05, 0.1) is 29.7 Å². The first kappa shape index (κ1) is 19.1. The molecule has 2 N–H and O–H groups in total. The van der Waals surface area contributed by atoms with Gasteiger partial charge >= 0.3 is 0 Å². The molecule has 0 fully saturated rings. The number of aryl methyl sites for hydroxylation is 2. The van der Waals surface area contributed by atoms with Crippen molar-refractivity contribution < 1.29 is 13.9 Å². The summed E-state index contributed by atoms with van der Waals surface area (Å²) in [6, 6.07) is 7.60. The molecule has 0 aliphatic carbocycles. The van der Waals surface area contributed by atoms with Crippen molar-refractivity contribution in [2.75, 3.05) is 12.3 Å². The number of carbonyl (C=O) groups is 1. The zero-order chi connectivity index (χ0) is 20.4. The third-order valence-electron chi connectivity index (χ3n) is 4.48. The molecule has 7 heteroatoms. The van der Waals surface area contributed by atoms with Crippen molar-refractivity contribution in [2.24, 2.45) is 7.05 Å². The van der Waals surface area contributed by atoms with Crippen LogP contribution in [0.25, 0.3) is 17.0 Å². The van der Waals surface area contributed by atoms with E-state index in [0.29, 0.717) is 28.8 Å². The minimum atomic E-state index is -0.534. The molecule has 0 bridgehead atoms. The number of nitrogen functional groups attached to an aromatic ring is 1. The van der Waals surface area contributed by atoms with Crippen LogP contribution >= 0.6 is 0 Å². The number of carbonyl (C=O) groups excluding carboxylic acids is 1. The second-order valence-corrected chi connectivity index (χ2v) is 6.28. The summed E-state index contributed by atoms with van der Waals surface area (Å²) in [5, 5.41) is 14.8. The second-order valence-electron chi connectivity index (χ2n) is 6.28. The molecule has 3 aromatic rings. The number of benzene rings is 2. The normalized spacial score (nSPS) is 11.1. The molecule has 28 heavy (non-hydrogen) atoms. The van der Waals surface area contributed by atoms with Crippen LogP contribution in [0.4, 0.5) is 10.1 Å². The fraction of sp³-hybridized carbons (Fsp3) is 0.190. The summed E-state index contributed by atoms with van der Waals surface area (Å²) in [6.07, 6.45) is 3.26. The lowest BCUT2D eigenvalue weighted by Gasteiger charge is -2.10. The van der Waals surface area contributed by atoms with Crippen molar-refractivity contribution in [3.05, 3.63) is 64.3 Å². The number of halogens is 1. The van der Waals surface area contributed by atoms with Gasteiger partial charge in [-0.25, -0.2) is 4.39 Å². The SMILES string of the molecule is CCO/C=C/c1c2cc(N)c(C(=O)c3cc(F)ccc3C)c(C#N)c2nn1C. The highest BCUT2D eigenvalue weighted by molar-refractivity contribution is 6.17. The smallest absolute Gasteiger partial charge is 0.196 e. The van der Waals surface area contributed by atoms with Gasteiger partial charge in [-0.05, 0) is 43.7 Å². The van der Waals surface area contributed by atoms with Crippen LogP contribution < -0.4 is 5.73 Å². The van der Waals surface area contributed by atoms with E-state index in [2.05, 4.69) is 5.10 Å². The van der Waals surface area contributed by atoms with E-state index in [-0.39, 0.29) is 22.4 Å². The fourth-order valence-electron chi connectivity index (χ4n) is 3.10. The van der Waals surface area contributed by atoms with Gasteiger partial charge in [0.15, 0.2) is 5.78 Å². The highest BCUT2D eigenvalue weighted by Crippen LogP contribution is 2.32. The van der Waals surface area contributed by atoms with Crippen LogP contribution in [-0.4, -0.2) is 22.2 Å². The van der Waals surface area contributed by atoms with Crippen molar-refractivity contribution in [2.45, 2.75) is 13.8 Å². The van der Waals surface area contributed by atoms with Gasteiger partial charge in [-0.15, -0.1) is 0 Å². The molecule has 0 saturated heterocycles. The van der Waals surface area contributed by atoms with Gasteiger partial charge in [0.1, 0.15) is 17.4 Å². The van der Waals surface area contributed by atoms with Gasteiger partial charge < -0.3 is 10.5 Å². The first-order chi connectivity index (χ1) is 13.4. The highest BCUT2D eigenvalue weighted by atomic mass is 19.1. The molecule has 1 aromatic heterocycles. The zero-order valence-electron chi connectivity index (χ0n) is 15.8. The molecule has 142 valence electrons. The van der Waals surface area contributed by atoms with Gasteiger partial charge in [0.25, 0.3) is 0 Å². The van der Waals surface area contributed by atoms with Gasteiger partial charge in [-0.1, -0.05) is 6.07 Å². The van der Waals surface area contributed by atoms with E-state index in [1.54, 1.807) is 30.8 Å². The lowest BCUT2D eigenvalue weighted by molar-refractivity contribution is 0.103. The van der Waals surface area contributed by atoms with Gasteiger partial charge in [-0.3, -0.25) is 9.48 Å². The summed E-state index contributed by atoms with van der Waals surface area (Å²) in [7, 11) is 1.72. The average molecular weight is 378 g/mol.